The molecule has 3 heterocycles. The first kappa shape index (κ1) is 17.7. The average Bonchev–Trinajstić information content (AvgIpc) is 3.18. The molecule has 2 N–H and O–H groups in total. The first-order valence-electron chi connectivity index (χ1n) is 9.71. The van der Waals surface area contributed by atoms with Gasteiger partial charge in [0.1, 0.15) is 0 Å². The molecule has 0 aromatic carbocycles. The Kier molecular flexibility index (Phi) is 4.92. The first-order valence-corrected chi connectivity index (χ1v) is 9.71. The van der Waals surface area contributed by atoms with Crippen LogP contribution in [0.2, 0.25) is 0 Å². The number of fused-ring (bicyclic) bond motifs is 1. The van der Waals surface area contributed by atoms with Crippen LogP contribution in [0.3, 0.4) is 0 Å². The highest BCUT2D eigenvalue weighted by Crippen LogP contribution is 2.31. The quantitative estimate of drug-likeness (QED) is 0.863. The van der Waals surface area contributed by atoms with Crippen LogP contribution >= 0.6 is 0 Å². The summed E-state index contributed by atoms with van der Waals surface area (Å²) in [4.78, 5) is 29.5. The molecule has 2 aromatic heterocycles. The molecule has 27 heavy (non-hydrogen) atoms. The Morgan fingerprint density at radius 1 is 1.37 bits per heavy atom. The zero-order chi connectivity index (χ0) is 18.8. The number of carbonyl (C=O) groups is 2. The second-order valence-corrected chi connectivity index (χ2v) is 7.32. The monoisotopic (exact) mass is 367 g/mol. The predicted octanol–water partition coefficient (Wildman–Crippen LogP) is 1.85. The zero-order valence-corrected chi connectivity index (χ0v) is 15.5. The van der Waals surface area contributed by atoms with E-state index in [9.17, 15) is 9.59 Å². The second-order valence-electron chi connectivity index (χ2n) is 7.32. The van der Waals surface area contributed by atoms with Gasteiger partial charge in [-0.05, 0) is 44.2 Å². The van der Waals surface area contributed by atoms with E-state index >= 15 is 0 Å². The number of aromatic nitrogens is 3. The van der Waals surface area contributed by atoms with E-state index in [1.807, 2.05) is 23.9 Å². The Balaban J connectivity index is 1.53. The van der Waals surface area contributed by atoms with Gasteiger partial charge in [0.25, 0.3) is 0 Å². The van der Waals surface area contributed by atoms with E-state index in [1.54, 1.807) is 12.4 Å². The Labute approximate surface area is 158 Å². The number of piperidine rings is 1. The maximum atomic E-state index is 13.1. The molecule has 2 amide bonds. The molecule has 2 aromatic rings. The van der Waals surface area contributed by atoms with Crippen molar-refractivity contribution in [2.45, 2.75) is 63.6 Å². The summed E-state index contributed by atoms with van der Waals surface area (Å²) in [5.41, 5.74) is 3.00. The van der Waals surface area contributed by atoms with Crippen molar-refractivity contribution in [3.63, 3.8) is 0 Å². The van der Waals surface area contributed by atoms with Crippen LogP contribution < -0.4 is 10.6 Å². The standard InChI is InChI=1S/C20H25N5O2/c1-2-25-12-14(11-22-25)19-16(8-9-17(26)24-19)23-20(27)15-7-3-5-13-6-4-10-21-18(13)15/h4,6,10-12,15-16,19H,2-3,5,7-9H2,1H3,(H,23,27)(H,24,26)/t15?,16-,19+/m1/s1. The lowest BCUT2D eigenvalue weighted by atomic mass is 9.85. The van der Waals surface area contributed by atoms with Crippen molar-refractivity contribution in [1.82, 2.24) is 25.4 Å². The number of hydrogen-bond acceptors (Lipinski definition) is 4. The van der Waals surface area contributed by atoms with Gasteiger partial charge in [-0.1, -0.05) is 6.07 Å². The van der Waals surface area contributed by atoms with Crippen molar-refractivity contribution in [3.8, 4) is 0 Å². The molecule has 0 spiro atoms. The molecule has 0 radical (unpaired) electrons. The van der Waals surface area contributed by atoms with Gasteiger partial charge in [0.15, 0.2) is 0 Å². The number of hydrogen-bond donors (Lipinski definition) is 2. The molecule has 3 atom stereocenters. The maximum Gasteiger partial charge on any atom is 0.229 e. The molecular weight excluding hydrogens is 342 g/mol. The number of carbonyl (C=O) groups excluding carboxylic acids is 2. The molecule has 4 rings (SSSR count). The highest BCUT2D eigenvalue weighted by Gasteiger charge is 2.35. The van der Waals surface area contributed by atoms with E-state index < -0.39 is 0 Å². The van der Waals surface area contributed by atoms with Crippen molar-refractivity contribution in [2.75, 3.05) is 0 Å². The summed E-state index contributed by atoms with van der Waals surface area (Å²) in [6, 6.07) is 3.60. The molecule has 1 fully saturated rings. The number of pyridine rings is 1. The molecule has 0 saturated carbocycles. The molecule has 2 aliphatic rings. The Bertz CT molecular complexity index is 846. The van der Waals surface area contributed by atoms with E-state index in [2.05, 4.69) is 26.8 Å². The summed E-state index contributed by atoms with van der Waals surface area (Å²) < 4.78 is 1.83. The number of rotatable bonds is 4. The fourth-order valence-electron chi connectivity index (χ4n) is 4.13. The molecule has 142 valence electrons. The molecule has 1 unspecified atom stereocenters. The lowest BCUT2D eigenvalue weighted by Gasteiger charge is -2.34. The van der Waals surface area contributed by atoms with E-state index in [0.717, 1.165) is 37.1 Å². The van der Waals surface area contributed by atoms with E-state index in [-0.39, 0.29) is 29.8 Å². The minimum Gasteiger partial charge on any atom is -0.350 e. The van der Waals surface area contributed by atoms with Crippen LogP contribution in [0.1, 0.15) is 61.4 Å². The summed E-state index contributed by atoms with van der Waals surface area (Å²) >= 11 is 0. The van der Waals surface area contributed by atoms with E-state index in [1.165, 1.54) is 5.56 Å². The van der Waals surface area contributed by atoms with Gasteiger partial charge in [0, 0.05) is 30.9 Å². The van der Waals surface area contributed by atoms with Crippen LogP contribution in [0, 0.1) is 0 Å². The van der Waals surface area contributed by atoms with Gasteiger partial charge in [0.05, 0.1) is 29.9 Å². The first-order chi connectivity index (χ1) is 13.2. The van der Waals surface area contributed by atoms with Crippen molar-refractivity contribution in [1.29, 1.82) is 0 Å². The molecule has 1 aliphatic carbocycles. The smallest absolute Gasteiger partial charge is 0.229 e. The fourth-order valence-corrected chi connectivity index (χ4v) is 4.13. The van der Waals surface area contributed by atoms with Crippen molar-refractivity contribution in [2.24, 2.45) is 0 Å². The topological polar surface area (TPSA) is 88.9 Å². The van der Waals surface area contributed by atoms with Gasteiger partial charge in [-0.25, -0.2) is 0 Å². The third-order valence-corrected chi connectivity index (χ3v) is 5.58. The van der Waals surface area contributed by atoms with Gasteiger partial charge in [-0.15, -0.1) is 0 Å². The zero-order valence-electron chi connectivity index (χ0n) is 15.5. The highest BCUT2D eigenvalue weighted by atomic mass is 16.2. The summed E-state index contributed by atoms with van der Waals surface area (Å²) in [7, 11) is 0. The van der Waals surface area contributed by atoms with Crippen LogP contribution in [0.5, 0.6) is 0 Å². The molecular formula is C20H25N5O2. The normalized spacial score (nSPS) is 24.8. The van der Waals surface area contributed by atoms with Gasteiger partial charge in [-0.3, -0.25) is 19.3 Å². The summed E-state index contributed by atoms with van der Waals surface area (Å²) in [5, 5.41) is 10.5. The van der Waals surface area contributed by atoms with Crippen molar-refractivity contribution < 1.29 is 9.59 Å². The molecule has 7 nitrogen and oxygen atoms in total. The van der Waals surface area contributed by atoms with Crippen molar-refractivity contribution >= 4 is 11.8 Å². The van der Waals surface area contributed by atoms with Crippen LogP contribution in [0.25, 0.3) is 0 Å². The minimum absolute atomic E-state index is 0.00341. The summed E-state index contributed by atoms with van der Waals surface area (Å²) in [5.74, 6) is -0.199. The Morgan fingerprint density at radius 3 is 3.07 bits per heavy atom. The molecule has 1 aliphatic heterocycles. The van der Waals surface area contributed by atoms with Crippen LogP contribution in [0.15, 0.2) is 30.7 Å². The number of aryl methyl sites for hydroxylation is 2. The van der Waals surface area contributed by atoms with Gasteiger partial charge < -0.3 is 10.6 Å². The largest absolute Gasteiger partial charge is 0.350 e. The SMILES string of the molecule is CCn1cc([C@@H]2NC(=O)CC[C@H]2NC(=O)C2CCCc3cccnc32)cn1. The van der Waals surface area contributed by atoms with Crippen LogP contribution in [0.4, 0.5) is 0 Å². The van der Waals surface area contributed by atoms with E-state index in [0.29, 0.717) is 12.8 Å². The number of amides is 2. The molecule has 1 saturated heterocycles. The highest BCUT2D eigenvalue weighted by molar-refractivity contribution is 5.85. The lowest BCUT2D eigenvalue weighted by Crippen LogP contribution is -2.51. The van der Waals surface area contributed by atoms with Crippen LogP contribution in [-0.4, -0.2) is 32.6 Å². The maximum absolute atomic E-state index is 13.1. The van der Waals surface area contributed by atoms with Gasteiger partial charge >= 0.3 is 0 Å². The van der Waals surface area contributed by atoms with Gasteiger partial charge in [-0.2, -0.15) is 5.10 Å². The predicted molar refractivity (Wildman–Crippen MR) is 99.9 cm³/mol. The number of nitrogens with zero attached hydrogens (tertiary/aromatic N) is 3. The Morgan fingerprint density at radius 2 is 2.26 bits per heavy atom. The number of nitrogens with one attached hydrogen (secondary N) is 2. The minimum atomic E-state index is -0.248. The average molecular weight is 367 g/mol. The summed E-state index contributed by atoms with van der Waals surface area (Å²) in [6.07, 6.45) is 9.30. The summed E-state index contributed by atoms with van der Waals surface area (Å²) in [6.45, 7) is 2.78. The van der Waals surface area contributed by atoms with Gasteiger partial charge in [0.2, 0.25) is 11.8 Å². The lowest BCUT2D eigenvalue weighted by molar-refractivity contribution is -0.128. The Hall–Kier alpha value is -2.70. The third-order valence-electron chi connectivity index (χ3n) is 5.58. The molecule has 7 heteroatoms. The second kappa shape index (κ2) is 7.50. The van der Waals surface area contributed by atoms with E-state index in [4.69, 9.17) is 0 Å². The van der Waals surface area contributed by atoms with Crippen LogP contribution in [-0.2, 0) is 22.6 Å². The third kappa shape index (κ3) is 3.59. The fraction of sp³-hybridized carbons (Fsp3) is 0.500. The van der Waals surface area contributed by atoms with Crippen molar-refractivity contribution in [3.05, 3.63) is 47.5 Å². The molecule has 0 bridgehead atoms.